The molecule has 1 aromatic heterocycles. The van der Waals surface area contributed by atoms with Crippen molar-refractivity contribution in [3.05, 3.63) is 10.5 Å². The Balaban J connectivity index is 2.05. The van der Waals surface area contributed by atoms with Gasteiger partial charge >= 0.3 is 5.69 Å². The van der Waals surface area contributed by atoms with Crippen LogP contribution in [0.5, 0.6) is 0 Å². The fourth-order valence-electron chi connectivity index (χ4n) is 1.35. The predicted molar refractivity (Wildman–Crippen MR) is 56.8 cm³/mol. The topological polar surface area (TPSA) is 50.7 Å². The van der Waals surface area contributed by atoms with Gasteiger partial charge in [-0.15, -0.1) is 5.10 Å². The van der Waals surface area contributed by atoms with Gasteiger partial charge in [-0.3, -0.25) is 4.57 Å². The number of aromatic amines is 1. The number of hydrogen-bond acceptors (Lipinski definition) is 3. The van der Waals surface area contributed by atoms with E-state index in [1.54, 1.807) is 16.3 Å². The highest BCUT2D eigenvalue weighted by molar-refractivity contribution is 7.99. The molecule has 5 heteroatoms. The van der Waals surface area contributed by atoms with Crippen molar-refractivity contribution in [3.8, 4) is 0 Å². The summed E-state index contributed by atoms with van der Waals surface area (Å²) in [5, 5.41) is 7.43. The van der Waals surface area contributed by atoms with Crippen molar-refractivity contribution >= 4 is 11.8 Å². The first-order valence-corrected chi connectivity index (χ1v) is 6.11. The summed E-state index contributed by atoms with van der Waals surface area (Å²) in [5.74, 6) is 1.05. The van der Waals surface area contributed by atoms with Crippen LogP contribution in [-0.4, -0.2) is 20.5 Å². The third-order valence-electron chi connectivity index (χ3n) is 2.31. The number of nitrogens with zero attached hydrogens (tertiary/aromatic N) is 2. The van der Waals surface area contributed by atoms with Gasteiger partial charge in [0, 0.05) is 11.8 Å². The zero-order chi connectivity index (χ0) is 9.97. The minimum absolute atomic E-state index is 0.0495. The molecule has 0 saturated heterocycles. The average molecular weight is 213 g/mol. The van der Waals surface area contributed by atoms with Crippen LogP contribution in [0, 0.1) is 0 Å². The molecule has 1 aliphatic carbocycles. The molecule has 1 aromatic rings. The summed E-state index contributed by atoms with van der Waals surface area (Å²) in [5.41, 5.74) is -0.0495. The fraction of sp³-hybridized carbons (Fsp3) is 0.778. The van der Waals surface area contributed by atoms with Crippen molar-refractivity contribution in [2.24, 2.45) is 0 Å². The van der Waals surface area contributed by atoms with E-state index >= 15 is 0 Å². The molecule has 14 heavy (non-hydrogen) atoms. The van der Waals surface area contributed by atoms with Crippen molar-refractivity contribution < 1.29 is 0 Å². The molecule has 0 spiro atoms. The Morgan fingerprint density at radius 2 is 2.43 bits per heavy atom. The van der Waals surface area contributed by atoms with E-state index in [2.05, 4.69) is 17.1 Å². The molecule has 0 amide bonds. The lowest BCUT2D eigenvalue weighted by Crippen LogP contribution is -2.16. The van der Waals surface area contributed by atoms with Crippen LogP contribution in [0.15, 0.2) is 9.95 Å². The van der Waals surface area contributed by atoms with E-state index in [0.717, 1.165) is 23.8 Å². The zero-order valence-corrected chi connectivity index (χ0v) is 9.14. The summed E-state index contributed by atoms with van der Waals surface area (Å²) in [7, 11) is 0. The van der Waals surface area contributed by atoms with Gasteiger partial charge in [-0.2, -0.15) is 0 Å². The lowest BCUT2D eigenvalue weighted by atomic mass is 10.4. The minimum atomic E-state index is -0.0495. The second-order valence-electron chi connectivity index (χ2n) is 3.61. The Morgan fingerprint density at radius 3 is 3.07 bits per heavy atom. The van der Waals surface area contributed by atoms with Crippen molar-refractivity contribution in [1.29, 1.82) is 0 Å². The molecule has 4 nitrogen and oxygen atoms in total. The molecule has 0 aromatic carbocycles. The second-order valence-corrected chi connectivity index (χ2v) is 4.68. The van der Waals surface area contributed by atoms with Gasteiger partial charge in [0.25, 0.3) is 0 Å². The average Bonchev–Trinajstić information content (AvgIpc) is 2.93. The summed E-state index contributed by atoms with van der Waals surface area (Å²) < 4.78 is 1.81. The summed E-state index contributed by atoms with van der Waals surface area (Å²) in [6, 6.07) is 0.422. The van der Waals surface area contributed by atoms with Crippen LogP contribution in [0.1, 0.15) is 38.6 Å². The maximum absolute atomic E-state index is 11.4. The smallest absolute Gasteiger partial charge is 0.267 e. The van der Waals surface area contributed by atoms with Crippen LogP contribution < -0.4 is 5.69 Å². The maximum atomic E-state index is 11.4. The molecule has 0 atom stereocenters. The molecular weight excluding hydrogens is 198 g/mol. The van der Waals surface area contributed by atoms with Crippen molar-refractivity contribution in [2.75, 3.05) is 5.75 Å². The van der Waals surface area contributed by atoms with Crippen molar-refractivity contribution in [1.82, 2.24) is 14.8 Å². The Labute approximate surface area is 87.1 Å². The van der Waals surface area contributed by atoms with E-state index in [1.807, 2.05) is 0 Å². The van der Waals surface area contributed by atoms with Crippen LogP contribution in [-0.2, 0) is 0 Å². The number of nitrogens with one attached hydrogen (secondary N) is 1. The first-order valence-electron chi connectivity index (χ1n) is 5.12. The lowest BCUT2D eigenvalue weighted by molar-refractivity contribution is 0.642. The third kappa shape index (κ3) is 2.03. The number of hydrogen-bond donors (Lipinski definition) is 1. The quantitative estimate of drug-likeness (QED) is 0.599. The first-order chi connectivity index (χ1) is 6.83. The van der Waals surface area contributed by atoms with Crippen molar-refractivity contribution in [3.63, 3.8) is 0 Å². The van der Waals surface area contributed by atoms with E-state index in [-0.39, 0.29) is 5.69 Å². The Kier molecular flexibility index (Phi) is 2.96. The van der Waals surface area contributed by atoms with Gasteiger partial charge in [-0.1, -0.05) is 25.1 Å². The third-order valence-corrected chi connectivity index (χ3v) is 3.35. The van der Waals surface area contributed by atoms with Gasteiger partial charge in [0.2, 0.25) is 0 Å². The Bertz CT molecular complexity index is 353. The molecule has 0 unspecified atom stereocenters. The highest BCUT2D eigenvalue weighted by Gasteiger charge is 2.28. The molecule has 1 N–H and O–H groups in total. The van der Waals surface area contributed by atoms with Crippen molar-refractivity contribution in [2.45, 2.75) is 43.8 Å². The normalized spacial score (nSPS) is 16.1. The lowest BCUT2D eigenvalue weighted by Gasteiger charge is -2.01. The summed E-state index contributed by atoms with van der Waals surface area (Å²) in [6.45, 7) is 2.17. The van der Waals surface area contributed by atoms with Gasteiger partial charge < -0.3 is 0 Å². The predicted octanol–water partition coefficient (Wildman–Crippen LogP) is 1.80. The molecule has 1 fully saturated rings. The summed E-state index contributed by atoms with van der Waals surface area (Å²) in [4.78, 5) is 11.4. The van der Waals surface area contributed by atoms with Gasteiger partial charge in [-0.05, 0) is 19.3 Å². The van der Waals surface area contributed by atoms with E-state index < -0.39 is 0 Å². The summed E-state index contributed by atoms with van der Waals surface area (Å²) >= 11 is 1.68. The minimum Gasteiger partial charge on any atom is -0.267 e. The van der Waals surface area contributed by atoms with Gasteiger partial charge in [0.05, 0.1) is 0 Å². The molecule has 0 aliphatic heterocycles. The van der Waals surface area contributed by atoms with Gasteiger partial charge in [-0.25, -0.2) is 9.89 Å². The number of thioether (sulfide) groups is 1. The molecule has 1 saturated carbocycles. The van der Waals surface area contributed by atoms with Crippen LogP contribution >= 0.6 is 11.8 Å². The maximum Gasteiger partial charge on any atom is 0.344 e. The molecule has 0 bridgehead atoms. The fourth-order valence-corrected chi connectivity index (χ4v) is 2.45. The van der Waals surface area contributed by atoms with Crippen LogP contribution in [0.2, 0.25) is 0 Å². The van der Waals surface area contributed by atoms with Crippen LogP contribution in [0.4, 0.5) is 0 Å². The van der Waals surface area contributed by atoms with Crippen LogP contribution in [0.25, 0.3) is 0 Å². The molecule has 0 radical (unpaired) electrons. The largest absolute Gasteiger partial charge is 0.344 e. The number of aromatic nitrogens is 3. The van der Waals surface area contributed by atoms with E-state index in [0.29, 0.717) is 6.04 Å². The highest BCUT2D eigenvalue weighted by Crippen LogP contribution is 2.36. The van der Waals surface area contributed by atoms with E-state index in [9.17, 15) is 4.79 Å². The second kappa shape index (κ2) is 4.21. The monoisotopic (exact) mass is 213 g/mol. The Hall–Kier alpha value is -0.710. The number of rotatable bonds is 5. The molecule has 1 aliphatic rings. The molecule has 2 rings (SSSR count). The molecular formula is C9H15N3OS. The van der Waals surface area contributed by atoms with E-state index in [1.165, 1.54) is 12.8 Å². The summed E-state index contributed by atoms with van der Waals surface area (Å²) in [6.07, 6.45) is 4.61. The van der Waals surface area contributed by atoms with Gasteiger partial charge in [0.15, 0.2) is 5.16 Å². The van der Waals surface area contributed by atoms with E-state index in [4.69, 9.17) is 0 Å². The zero-order valence-electron chi connectivity index (χ0n) is 8.32. The SMILES string of the molecule is CCCCSc1n[nH]c(=O)n1C1CC1. The number of H-pyrrole nitrogens is 1. The van der Waals surface area contributed by atoms with Gasteiger partial charge in [0.1, 0.15) is 0 Å². The molecule has 78 valence electrons. The highest BCUT2D eigenvalue weighted by atomic mass is 32.2. The Morgan fingerprint density at radius 1 is 1.64 bits per heavy atom. The standard InChI is InChI=1S/C9H15N3OS/c1-2-3-6-14-9-11-10-8(13)12(9)7-4-5-7/h7H,2-6H2,1H3,(H,10,13). The van der Waals surface area contributed by atoms with Crippen LogP contribution in [0.3, 0.4) is 0 Å². The first kappa shape index (κ1) is 9.83. The molecule has 1 heterocycles. The number of unbranched alkanes of at least 4 members (excludes halogenated alkanes) is 1.